The van der Waals surface area contributed by atoms with Gasteiger partial charge in [0.1, 0.15) is 5.75 Å². The lowest BCUT2D eigenvalue weighted by atomic mass is 9.99. The molecular weight excluding hydrogens is 399 g/mol. The van der Waals surface area contributed by atoms with Gasteiger partial charge in [-0.05, 0) is 36.8 Å². The number of aromatic nitrogens is 1. The van der Waals surface area contributed by atoms with E-state index >= 15 is 0 Å². The fraction of sp³-hybridized carbons (Fsp3) is 0.263. The maximum Gasteiger partial charge on any atom is 0.430 e. The summed E-state index contributed by atoms with van der Waals surface area (Å²) >= 11 is 6.24. The number of pyridine rings is 1. The van der Waals surface area contributed by atoms with E-state index in [0.717, 1.165) is 6.08 Å². The number of carbonyl (C=O) groups excluding carboxylic acids is 1. The fourth-order valence-corrected chi connectivity index (χ4v) is 3.01. The maximum absolute atomic E-state index is 13.4. The second-order valence-electron chi connectivity index (χ2n) is 6.01. The topological polar surface area (TPSA) is 57.5 Å². The van der Waals surface area contributed by atoms with Crippen molar-refractivity contribution in [1.29, 1.82) is 0 Å². The number of hydrogen-bond acceptors (Lipinski definition) is 4. The van der Waals surface area contributed by atoms with E-state index < -0.39 is 23.8 Å². The molecular formula is C19H15ClF3NO4. The summed E-state index contributed by atoms with van der Waals surface area (Å²) in [7, 11) is 0. The Morgan fingerprint density at radius 2 is 2.07 bits per heavy atom. The Morgan fingerprint density at radius 1 is 1.32 bits per heavy atom. The highest BCUT2D eigenvalue weighted by atomic mass is 35.5. The first kappa shape index (κ1) is 20.0. The van der Waals surface area contributed by atoms with Gasteiger partial charge >= 0.3 is 12.1 Å². The lowest BCUT2D eigenvalue weighted by Gasteiger charge is -2.28. The Hall–Kier alpha value is -2.74. The smallest absolute Gasteiger partial charge is 0.430 e. The Bertz CT molecular complexity index is 997. The lowest BCUT2D eigenvalue weighted by molar-refractivity contribution is -0.187. The highest BCUT2D eigenvalue weighted by Crippen LogP contribution is 2.39. The molecule has 9 heteroatoms. The van der Waals surface area contributed by atoms with Gasteiger partial charge in [-0.1, -0.05) is 17.7 Å². The molecule has 1 aromatic heterocycles. The van der Waals surface area contributed by atoms with Crippen molar-refractivity contribution in [2.45, 2.75) is 25.7 Å². The van der Waals surface area contributed by atoms with Gasteiger partial charge in [-0.15, -0.1) is 0 Å². The quantitative estimate of drug-likeness (QED) is 0.715. The number of ether oxygens (including phenoxy) is 2. The molecule has 0 saturated carbocycles. The van der Waals surface area contributed by atoms with Crippen LogP contribution >= 0.6 is 11.6 Å². The Balaban J connectivity index is 2.03. The van der Waals surface area contributed by atoms with E-state index in [2.05, 4.69) is 0 Å². The fourth-order valence-electron chi connectivity index (χ4n) is 2.78. The normalized spacial score (nSPS) is 16.0. The van der Waals surface area contributed by atoms with Crippen molar-refractivity contribution >= 4 is 23.6 Å². The van der Waals surface area contributed by atoms with Gasteiger partial charge in [0.2, 0.25) is 6.10 Å². The van der Waals surface area contributed by atoms with Crippen LogP contribution in [-0.4, -0.2) is 29.4 Å². The van der Waals surface area contributed by atoms with Crippen LogP contribution in [0.3, 0.4) is 0 Å². The molecule has 2 aromatic rings. The maximum atomic E-state index is 13.4. The van der Waals surface area contributed by atoms with Crippen LogP contribution in [0.5, 0.6) is 5.75 Å². The van der Waals surface area contributed by atoms with Gasteiger partial charge in [-0.2, -0.15) is 13.2 Å². The number of nitrogens with zero attached hydrogens (tertiary/aromatic N) is 1. The van der Waals surface area contributed by atoms with Gasteiger partial charge in [-0.3, -0.25) is 4.79 Å². The van der Waals surface area contributed by atoms with E-state index in [9.17, 15) is 22.8 Å². The van der Waals surface area contributed by atoms with Crippen LogP contribution in [-0.2, 0) is 16.1 Å². The zero-order valence-corrected chi connectivity index (χ0v) is 15.4. The summed E-state index contributed by atoms with van der Waals surface area (Å²) in [5, 5.41) is 0.225. The molecule has 0 amide bonds. The summed E-state index contributed by atoms with van der Waals surface area (Å²) in [6.45, 7) is 1.48. The first-order valence-electron chi connectivity index (χ1n) is 8.30. The van der Waals surface area contributed by atoms with E-state index in [4.69, 9.17) is 21.1 Å². The van der Waals surface area contributed by atoms with E-state index in [1.165, 1.54) is 35.9 Å². The van der Waals surface area contributed by atoms with E-state index in [1.54, 1.807) is 12.1 Å². The van der Waals surface area contributed by atoms with Crippen molar-refractivity contribution < 1.29 is 27.4 Å². The molecule has 0 fully saturated rings. The van der Waals surface area contributed by atoms with Gasteiger partial charge in [-0.25, -0.2) is 4.79 Å². The van der Waals surface area contributed by atoms with Crippen LogP contribution in [0, 0.1) is 0 Å². The Morgan fingerprint density at radius 3 is 2.71 bits per heavy atom. The number of fused-ring (bicyclic) bond motifs is 1. The standard InChI is InChI=1S/C19H15ClF3NO4/c1-2-27-18(26)13-7-11-8-14(20)12(10-24-6-4-3-5-16(24)25)9-15(11)28-17(13)19(21,22)23/h3-9,17H,2,10H2,1H3. The van der Waals surface area contributed by atoms with E-state index in [1.807, 2.05) is 0 Å². The van der Waals surface area contributed by atoms with Gasteiger partial charge in [0.15, 0.2) is 0 Å². The second-order valence-corrected chi connectivity index (χ2v) is 6.42. The predicted octanol–water partition coefficient (Wildman–Crippen LogP) is 3.82. The van der Waals surface area contributed by atoms with Crippen LogP contribution < -0.4 is 10.3 Å². The lowest BCUT2D eigenvalue weighted by Crippen LogP contribution is -2.40. The van der Waals surface area contributed by atoms with Gasteiger partial charge in [0.25, 0.3) is 5.56 Å². The zero-order chi connectivity index (χ0) is 20.5. The molecule has 1 aromatic carbocycles. The summed E-state index contributed by atoms with van der Waals surface area (Å²) in [5.41, 5.74) is -0.305. The van der Waals surface area contributed by atoms with E-state index in [-0.39, 0.29) is 35.0 Å². The molecule has 5 nitrogen and oxygen atoms in total. The largest absolute Gasteiger partial charge is 0.475 e. The van der Waals surface area contributed by atoms with Crippen LogP contribution in [0.2, 0.25) is 5.02 Å². The third-order valence-electron chi connectivity index (χ3n) is 4.07. The van der Waals surface area contributed by atoms with Crippen LogP contribution in [0.1, 0.15) is 18.1 Å². The molecule has 0 spiro atoms. The number of alkyl halides is 3. The number of benzene rings is 1. The van der Waals surface area contributed by atoms with Crippen molar-refractivity contribution in [1.82, 2.24) is 4.57 Å². The molecule has 1 aliphatic heterocycles. The average Bonchev–Trinajstić information content (AvgIpc) is 2.62. The van der Waals surface area contributed by atoms with Gasteiger partial charge < -0.3 is 14.0 Å². The first-order valence-corrected chi connectivity index (χ1v) is 8.68. The SMILES string of the molecule is CCOC(=O)C1=Cc2cc(Cl)c(Cn3ccccc3=O)cc2OC1C(F)(F)F. The van der Waals surface area contributed by atoms with Crippen molar-refractivity contribution in [2.24, 2.45) is 0 Å². The van der Waals surface area contributed by atoms with Crippen LogP contribution in [0.25, 0.3) is 6.08 Å². The minimum absolute atomic E-state index is 0.0558. The summed E-state index contributed by atoms with van der Waals surface area (Å²) in [5.74, 6) is -1.19. The molecule has 148 valence electrons. The van der Waals surface area contributed by atoms with Crippen LogP contribution in [0.4, 0.5) is 13.2 Å². The van der Waals surface area contributed by atoms with Crippen molar-refractivity contribution in [3.8, 4) is 5.75 Å². The van der Waals surface area contributed by atoms with E-state index in [0.29, 0.717) is 5.56 Å². The number of hydrogen-bond donors (Lipinski definition) is 0. The molecule has 0 radical (unpaired) electrons. The molecule has 28 heavy (non-hydrogen) atoms. The molecule has 0 bridgehead atoms. The minimum atomic E-state index is -4.81. The molecule has 0 N–H and O–H groups in total. The summed E-state index contributed by atoms with van der Waals surface area (Å²) < 4.78 is 51.4. The van der Waals surface area contributed by atoms with Gasteiger partial charge in [0, 0.05) is 22.8 Å². The molecule has 0 aliphatic carbocycles. The number of carbonyl (C=O) groups is 1. The first-order chi connectivity index (χ1) is 13.2. The average molecular weight is 414 g/mol. The van der Waals surface area contributed by atoms with Crippen molar-refractivity contribution in [3.05, 3.63) is 68.6 Å². The predicted molar refractivity (Wildman–Crippen MR) is 96.3 cm³/mol. The number of halogens is 4. The molecule has 1 atom stereocenters. The third-order valence-corrected chi connectivity index (χ3v) is 4.42. The molecule has 1 unspecified atom stereocenters. The summed E-state index contributed by atoms with van der Waals surface area (Å²) in [6.07, 6.45) is -4.66. The highest BCUT2D eigenvalue weighted by Gasteiger charge is 2.48. The minimum Gasteiger partial charge on any atom is -0.475 e. The monoisotopic (exact) mass is 413 g/mol. The second kappa shape index (κ2) is 7.71. The Labute approximate surface area is 162 Å². The van der Waals surface area contributed by atoms with Crippen molar-refractivity contribution in [2.75, 3.05) is 6.61 Å². The van der Waals surface area contributed by atoms with Gasteiger partial charge in [0.05, 0.1) is 18.7 Å². The van der Waals surface area contributed by atoms with Crippen molar-refractivity contribution in [3.63, 3.8) is 0 Å². The number of rotatable bonds is 4. The Kier molecular flexibility index (Phi) is 5.51. The summed E-state index contributed by atoms with van der Waals surface area (Å²) in [6, 6.07) is 7.32. The van der Waals surface area contributed by atoms with Crippen LogP contribution in [0.15, 0.2) is 46.9 Å². The third kappa shape index (κ3) is 4.06. The molecule has 3 rings (SSSR count). The molecule has 2 heterocycles. The zero-order valence-electron chi connectivity index (χ0n) is 14.6. The highest BCUT2D eigenvalue weighted by molar-refractivity contribution is 6.31. The molecule has 1 aliphatic rings. The number of esters is 1. The molecule has 0 saturated heterocycles. The summed E-state index contributed by atoms with van der Waals surface area (Å²) in [4.78, 5) is 23.8.